The predicted octanol–water partition coefficient (Wildman–Crippen LogP) is 4.28. The number of nitrogens with two attached hydrogens (primary N) is 1. The number of benzene rings is 2. The number of nitrogens with one attached hydrogen (secondary N) is 2. The summed E-state index contributed by atoms with van der Waals surface area (Å²) >= 11 is 5.94. The van der Waals surface area contributed by atoms with Gasteiger partial charge < -0.3 is 15.8 Å². The van der Waals surface area contributed by atoms with Crippen molar-refractivity contribution >= 4 is 35.5 Å². The third-order valence-corrected chi connectivity index (χ3v) is 7.18. The van der Waals surface area contributed by atoms with E-state index in [2.05, 4.69) is 5.32 Å². The smallest absolute Gasteiger partial charge is 0.416 e. The summed E-state index contributed by atoms with van der Waals surface area (Å²) in [5.74, 6) is -0.462. The molecule has 0 radical (unpaired) electrons. The first-order valence-electron chi connectivity index (χ1n) is 13.2. The maximum Gasteiger partial charge on any atom is 0.416 e. The van der Waals surface area contributed by atoms with Crippen molar-refractivity contribution in [1.29, 1.82) is 5.41 Å². The molecular weight excluding hydrogens is 518 g/mol. The Morgan fingerprint density at radius 2 is 1.77 bits per heavy atom. The molecule has 0 spiro atoms. The molecule has 1 fully saturated rings. The van der Waals surface area contributed by atoms with Crippen LogP contribution in [0.25, 0.3) is 0 Å². The normalized spacial score (nSPS) is 18.6. The van der Waals surface area contributed by atoms with Crippen molar-refractivity contribution in [3.8, 4) is 0 Å². The van der Waals surface area contributed by atoms with Crippen LogP contribution in [0.1, 0.15) is 51.2 Å². The average Bonchev–Trinajstić information content (AvgIpc) is 3.14. The van der Waals surface area contributed by atoms with Gasteiger partial charge in [-0.25, -0.2) is 9.69 Å². The van der Waals surface area contributed by atoms with Crippen LogP contribution < -0.4 is 11.1 Å². The van der Waals surface area contributed by atoms with Gasteiger partial charge in [0.25, 0.3) is 5.91 Å². The van der Waals surface area contributed by atoms with Crippen LogP contribution in [0, 0.1) is 11.3 Å². The summed E-state index contributed by atoms with van der Waals surface area (Å²) in [5, 5.41) is 12.3. The molecule has 210 valence electrons. The summed E-state index contributed by atoms with van der Waals surface area (Å²) in [4.78, 5) is 41.9. The van der Waals surface area contributed by atoms with Crippen LogP contribution in [0.2, 0.25) is 5.02 Å². The lowest BCUT2D eigenvalue weighted by atomic mass is 9.82. The van der Waals surface area contributed by atoms with Crippen LogP contribution >= 0.6 is 11.6 Å². The minimum absolute atomic E-state index is 0.0445. The topological polar surface area (TPSA) is 129 Å². The fourth-order valence-corrected chi connectivity index (χ4v) is 5.18. The van der Waals surface area contributed by atoms with Crippen LogP contribution in [0.15, 0.2) is 54.6 Å². The van der Waals surface area contributed by atoms with Crippen molar-refractivity contribution in [2.75, 3.05) is 13.7 Å². The van der Waals surface area contributed by atoms with Crippen molar-refractivity contribution < 1.29 is 19.1 Å². The summed E-state index contributed by atoms with van der Waals surface area (Å²) in [7, 11) is 1.22. The number of carbonyl (C=O) groups excluding carboxylic acids is 3. The van der Waals surface area contributed by atoms with Crippen molar-refractivity contribution in [3.63, 3.8) is 0 Å². The van der Waals surface area contributed by atoms with Crippen LogP contribution in [-0.4, -0.2) is 59.4 Å². The highest BCUT2D eigenvalue weighted by atomic mass is 35.5. The summed E-state index contributed by atoms with van der Waals surface area (Å²) in [6, 6.07) is 15.0. The number of amides is 3. The van der Waals surface area contributed by atoms with Crippen LogP contribution in [0.3, 0.4) is 0 Å². The monoisotopic (exact) mass is 555 g/mol. The predicted molar refractivity (Wildman–Crippen MR) is 151 cm³/mol. The number of guanidine groups is 1. The van der Waals surface area contributed by atoms with E-state index in [-0.39, 0.29) is 30.8 Å². The quantitative estimate of drug-likeness (QED) is 0.379. The SMILES string of the molecule is COC(=O)N(C(=O)[C@@H](N)Cc1ccc(Cl)cc1)C(C)CCCN1C(=N)NC(CC(C)C)(c2ccccc2)C1=O. The highest BCUT2D eigenvalue weighted by Crippen LogP contribution is 2.35. The molecule has 1 aliphatic heterocycles. The molecule has 0 bridgehead atoms. The van der Waals surface area contributed by atoms with Crippen molar-refractivity contribution in [2.24, 2.45) is 11.7 Å². The summed E-state index contributed by atoms with van der Waals surface area (Å²) in [5.41, 5.74) is 6.83. The largest absolute Gasteiger partial charge is 0.452 e. The molecule has 1 saturated heterocycles. The average molecular weight is 556 g/mol. The van der Waals surface area contributed by atoms with E-state index in [1.165, 1.54) is 12.0 Å². The summed E-state index contributed by atoms with van der Waals surface area (Å²) < 4.78 is 4.88. The lowest BCUT2D eigenvalue weighted by Crippen LogP contribution is -2.51. The van der Waals surface area contributed by atoms with Crippen LogP contribution in [-0.2, 0) is 26.3 Å². The maximum atomic E-state index is 13.7. The van der Waals surface area contributed by atoms with Gasteiger partial charge in [0, 0.05) is 17.6 Å². The van der Waals surface area contributed by atoms with Gasteiger partial charge in [0.1, 0.15) is 5.54 Å². The van der Waals surface area contributed by atoms with Crippen LogP contribution in [0.5, 0.6) is 0 Å². The number of carbonyl (C=O) groups is 3. The Kier molecular flexibility index (Phi) is 10.1. The number of hydrogen-bond donors (Lipinski definition) is 3. The molecule has 9 nitrogen and oxygen atoms in total. The van der Waals surface area contributed by atoms with Gasteiger partial charge in [-0.3, -0.25) is 19.9 Å². The van der Waals surface area contributed by atoms with E-state index in [1.807, 2.05) is 44.2 Å². The molecule has 0 aromatic heterocycles. The maximum absolute atomic E-state index is 13.7. The molecule has 0 aliphatic carbocycles. The molecule has 2 aromatic rings. The second-order valence-electron chi connectivity index (χ2n) is 10.4. The molecule has 3 amide bonds. The first-order valence-corrected chi connectivity index (χ1v) is 13.5. The second-order valence-corrected chi connectivity index (χ2v) is 10.8. The van der Waals surface area contributed by atoms with Gasteiger partial charge >= 0.3 is 6.09 Å². The number of ether oxygens (including phenoxy) is 1. The van der Waals surface area contributed by atoms with Gasteiger partial charge in [-0.2, -0.15) is 0 Å². The van der Waals surface area contributed by atoms with E-state index in [1.54, 1.807) is 31.2 Å². The van der Waals surface area contributed by atoms with Gasteiger partial charge in [0.15, 0.2) is 5.96 Å². The molecule has 4 N–H and O–H groups in total. The number of nitrogens with zero attached hydrogens (tertiary/aromatic N) is 2. The van der Waals surface area contributed by atoms with E-state index >= 15 is 0 Å². The third-order valence-electron chi connectivity index (χ3n) is 6.93. The van der Waals surface area contributed by atoms with Crippen LogP contribution in [0.4, 0.5) is 4.79 Å². The molecule has 0 saturated carbocycles. The van der Waals surface area contributed by atoms with Gasteiger partial charge in [-0.05, 0) is 61.8 Å². The zero-order valence-electron chi connectivity index (χ0n) is 22.9. The molecular formula is C29H38ClN5O4. The number of imide groups is 1. The second kappa shape index (κ2) is 13.1. The number of hydrogen-bond acceptors (Lipinski definition) is 6. The molecule has 39 heavy (non-hydrogen) atoms. The van der Waals surface area contributed by atoms with Gasteiger partial charge in [0.05, 0.1) is 13.2 Å². The molecule has 3 rings (SSSR count). The Balaban J connectivity index is 1.67. The fraction of sp³-hybridized carbons (Fsp3) is 0.448. The highest BCUT2D eigenvalue weighted by molar-refractivity contribution is 6.30. The number of halogens is 1. The lowest BCUT2D eigenvalue weighted by Gasteiger charge is -2.30. The van der Waals surface area contributed by atoms with Crippen molar-refractivity contribution in [1.82, 2.24) is 15.1 Å². The fourth-order valence-electron chi connectivity index (χ4n) is 5.06. The molecule has 1 heterocycles. The Morgan fingerprint density at radius 1 is 1.13 bits per heavy atom. The first kappa shape index (κ1) is 30.1. The minimum Gasteiger partial charge on any atom is -0.452 e. The molecule has 3 atom stereocenters. The molecule has 10 heteroatoms. The van der Waals surface area contributed by atoms with Gasteiger partial charge in [-0.15, -0.1) is 0 Å². The highest BCUT2D eigenvalue weighted by Gasteiger charge is 2.50. The standard InChI is InChI=1S/C29H38ClN5O4/c1-19(2)18-29(22-10-6-5-7-11-22)26(37)34(27(32)33-29)16-8-9-20(3)35(28(38)39-4)25(36)24(31)17-21-12-14-23(30)15-13-21/h5-7,10-15,19-20,24H,8-9,16-18,31H2,1-4H3,(H2,32,33)/t20?,24-,29?/m0/s1. The van der Waals surface area contributed by atoms with E-state index in [9.17, 15) is 14.4 Å². The van der Waals surface area contributed by atoms with Gasteiger partial charge in [-0.1, -0.05) is 67.9 Å². The first-order chi connectivity index (χ1) is 18.5. The zero-order valence-corrected chi connectivity index (χ0v) is 23.7. The molecule has 1 aliphatic rings. The van der Waals surface area contributed by atoms with Crippen molar-refractivity contribution in [3.05, 3.63) is 70.7 Å². The molecule has 2 unspecified atom stereocenters. The molecule has 2 aromatic carbocycles. The van der Waals surface area contributed by atoms with E-state index in [0.29, 0.717) is 24.3 Å². The Labute approximate surface area is 235 Å². The Bertz CT molecular complexity index is 1170. The number of methoxy groups -OCH3 is 1. The van der Waals surface area contributed by atoms with E-state index in [0.717, 1.165) is 16.0 Å². The third kappa shape index (κ3) is 6.96. The summed E-state index contributed by atoms with van der Waals surface area (Å²) in [6.07, 6.45) is 0.843. The lowest BCUT2D eigenvalue weighted by molar-refractivity contribution is -0.133. The Hall–Kier alpha value is -3.43. The zero-order chi connectivity index (χ0) is 28.7. The van der Waals surface area contributed by atoms with E-state index < -0.39 is 29.6 Å². The number of rotatable bonds is 11. The Morgan fingerprint density at radius 3 is 2.36 bits per heavy atom. The van der Waals surface area contributed by atoms with Crippen molar-refractivity contribution in [2.45, 2.75) is 64.1 Å². The van der Waals surface area contributed by atoms with Gasteiger partial charge in [0.2, 0.25) is 5.91 Å². The van der Waals surface area contributed by atoms with E-state index in [4.69, 9.17) is 27.5 Å². The summed E-state index contributed by atoms with van der Waals surface area (Å²) in [6.45, 7) is 6.10. The minimum atomic E-state index is -0.999.